The van der Waals surface area contributed by atoms with Crippen LogP contribution in [0.2, 0.25) is 78.6 Å². The first-order valence-electron chi connectivity index (χ1n) is 11.3. The molecule has 5 atom stereocenters. The standard InChI is InChI=1S/C20H48O6Si4/c1-14-21-20-19(26-30(11,12)13)18(25-29(8,9)10)17(23-20)16(24-28(5,6)7)15-22-27(2,3)4/h16-20H,14-15H2,1-13H3/t16-,17+,18+,19-,20-/m1/s1. The Morgan fingerprint density at radius 3 is 1.60 bits per heavy atom. The molecule has 0 saturated carbocycles. The molecule has 1 rings (SSSR count). The van der Waals surface area contributed by atoms with Crippen LogP contribution in [0.25, 0.3) is 0 Å². The van der Waals surface area contributed by atoms with Gasteiger partial charge in [-0.1, -0.05) is 0 Å². The Labute approximate surface area is 189 Å². The van der Waals surface area contributed by atoms with Gasteiger partial charge >= 0.3 is 0 Å². The van der Waals surface area contributed by atoms with Crippen molar-refractivity contribution in [1.82, 2.24) is 0 Å². The summed E-state index contributed by atoms with van der Waals surface area (Å²) in [7, 11) is -7.28. The largest absolute Gasteiger partial charge is 0.415 e. The Kier molecular flexibility index (Phi) is 10.2. The molecule has 0 N–H and O–H groups in total. The first-order chi connectivity index (χ1) is 13.3. The van der Waals surface area contributed by atoms with Gasteiger partial charge in [0.1, 0.15) is 18.3 Å². The Morgan fingerprint density at radius 1 is 0.700 bits per heavy atom. The molecule has 0 aromatic carbocycles. The number of ether oxygens (including phenoxy) is 2. The van der Waals surface area contributed by atoms with Crippen LogP contribution in [0.1, 0.15) is 6.92 Å². The third-order valence-corrected chi connectivity index (χ3v) is 8.07. The third-order valence-electron chi connectivity index (χ3n) is 4.07. The maximum absolute atomic E-state index is 6.70. The summed E-state index contributed by atoms with van der Waals surface area (Å²) >= 11 is 0. The Morgan fingerprint density at radius 2 is 1.20 bits per heavy atom. The molecule has 0 radical (unpaired) electrons. The van der Waals surface area contributed by atoms with Gasteiger partial charge < -0.3 is 27.2 Å². The van der Waals surface area contributed by atoms with Gasteiger partial charge in [0.2, 0.25) is 0 Å². The lowest BCUT2D eigenvalue weighted by molar-refractivity contribution is -0.173. The zero-order chi connectivity index (χ0) is 23.5. The van der Waals surface area contributed by atoms with Crippen molar-refractivity contribution < 1.29 is 27.2 Å². The summed E-state index contributed by atoms with van der Waals surface area (Å²) in [5, 5.41) is 0. The highest BCUT2D eigenvalue weighted by Crippen LogP contribution is 2.35. The molecule has 1 aliphatic rings. The molecular formula is C20H48O6Si4. The van der Waals surface area contributed by atoms with Crippen LogP contribution in [0.4, 0.5) is 0 Å². The van der Waals surface area contributed by atoms with Gasteiger partial charge in [-0.25, -0.2) is 0 Å². The third kappa shape index (κ3) is 11.0. The van der Waals surface area contributed by atoms with Crippen LogP contribution >= 0.6 is 0 Å². The lowest BCUT2D eigenvalue weighted by Gasteiger charge is -2.37. The highest BCUT2D eigenvalue weighted by atomic mass is 28.4. The van der Waals surface area contributed by atoms with Gasteiger partial charge in [-0.15, -0.1) is 0 Å². The monoisotopic (exact) mass is 496 g/mol. The highest BCUT2D eigenvalue weighted by molar-refractivity contribution is 6.71. The minimum absolute atomic E-state index is 0.206. The van der Waals surface area contributed by atoms with E-state index in [0.717, 1.165) is 0 Å². The molecule has 1 heterocycles. The minimum Gasteiger partial charge on any atom is -0.415 e. The second kappa shape index (κ2) is 10.7. The van der Waals surface area contributed by atoms with Crippen LogP contribution in [0.5, 0.6) is 0 Å². The van der Waals surface area contributed by atoms with Crippen molar-refractivity contribution in [2.45, 2.75) is 116 Å². The van der Waals surface area contributed by atoms with E-state index in [1.54, 1.807) is 0 Å². The molecule has 1 saturated heterocycles. The number of hydrogen-bond acceptors (Lipinski definition) is 6. The topological polar surface area (TPSA) is 55.4 Å². The number of hydrogen-bond donors (Lipinski definition) is 0. The zero-order valence-electron chi connectivity index (χ0n) is 21.8. The summed E-state index contributed by atoms with van der Waals surface area (Å²) in [4.78, 5) is 0. The predicted molar refractivity (Wildman–Crippen MR) is 134 cm³/mol. The van der Waals surface area contributed by atoms with Crippen molar-refractivity contribution in [2.75, 3.05) is 13.2 Å². The second-order valence-electron chi connectivity index (χ2n) is 12.0. The van der Waals surface area contributed by atoms with Crippen LogP contribution in [0.15, 0.2) is 0 Å². The SMILES string of the molecule is CCO[C@@H]1O[C@@H]([C@@H](CO[Si](C)(C)C)O[Si](C)(C)C)[C@H](O[Si](C)(C)C)[C@H]1O[Si](C)(C)C. The minimum atomic E-state index is -1.87. The van der Waals surface area contributed by atoms with E-state index in [9.17, 15) is 0 Å². The molecule has 0 amide bonds. The summed E-state index contributed by atoms with van der Waals surface area (Å²) in [6, 6.07) is 0. The Bertz CT molecular complexity index is 521. The molecule has 1 fully saturated rings. The molecule has 0 aromatic heterocycles. The second-order valence-corrected chi connectivity index (χ2v) is 29.9. The van der Waals surface area contributed by atoms with E-state index < -0.39 is 39.6 Å². The summed E-state index contributed by atoms with van der Waals surface area (Å²) in [5.41, 5.74) is 0. The zero-order valence-corrected chi connectivity index (χ0v) is 25.8. The predicted octanol–water partition coefficient (Wildman–Crippen LogP) is 5.26. The first-order valence-corrected chi connectivity index (χ1v) is 24.9. The fraction of sp³-hybridized carbons (Fsp3) is 1.00. The molecule has 0 spiro atoms. The van der Waals surface area contributed by atoms with Crippen molar-refractivity contribution in [2.24, 2.45) is 0 Å². The first kappa shape index (κ1) is 28.7. The van der Waals surface area contributed by atoms with E-state index in [1.165, 1.54) is 0 Å². The fourth-order valence-electron chi connectivity index (χ4n) is 3.30. The molecular weight excluding hydrogens is 449 g/mol. The van der Waals surface area contributed by atoms with E-state index >= 15 is 0 Å². The quantitative estimate of drug-likeness (QED) is 0.344. The van der Waals surface area contributed by atoms with Crippen LogP contribution in [0.3, 0.4) is 0 Å². The van der Waals surface area contributed by atoms with Crippen LogP contribution in [-0.4, -0.2) is 77.2 Å². The fourth-order valence-corrected chi connectivity index (χ4v) is 7.23. The van der Waals surface area contributed by atoms with Gasteiger partial charge in [0.25, 0.3) is 0 Å². The molecule has 0 bridgehead atoms. The Balaban J connectivity index is 3.30. The van der Waals surface area contributed by atoms with Gasteiger partial charge in [-0.3, -0.25) is 0 Å². The van der Waals surface area contributed by atoms with E-state index in [0.29, 0.717) is 13.2 Å². The van der Waals surface area contributed by atoms with E-state index in [2.05, 4.69) is 78.6 Å². The van der Waals surface area contributed by atoms with Crippen molar-refractivity contribution in [1.29, 1.82) is 0 Å². The molecule has 10 heteroatoms. The summed E-state index contributed by atoms with van der Waals surface area (Å²) in [6.45, 7) is 29.5. The molecule has 0 unspecified atom stereocenters. The molecule has 1 aliphatic heterocycles. The molecule has 6 nitrogen and oxygen atoms in total. The van der Waals surface area contributed by atoms with Gasteiger partial charge in [0.15, 0.2) is 39.6 Å². The van der Waals surface area contributed by atoms with E-state index in [4.69, 9.17) is 27.2 Å². The van der Waals surface area contributed by atoms with Crippen molar-refractivity contribution in [3.8, 4) is 0 Å². The number of rotatable bonds is 12. The van der Waals surface area contributed by atoms with Crippen molar-refractivity contribution >= 4 is 33.3 Å². The van der Waals surface area contributed by atoms with Gasteiger partial charge in [0, 0.05) is 6.61 Å². The van der Waals surface area contributed by atoms with Gasteiger partial charge in [-0.2, -0.15) is 0 Å². The lowest BCUT2D eigenvalue weighted by Crippen LogP contribution is -2.53. The van der Waals surface area contributed by atoms with Gasteiger partial charge in [0.05, 0.1) is 12.7 Å². The maximum atomic E-state index is 6.70. The average molecular weight is 497 g/mol. The van der Waals surface area contributed by atoms with Crippen LogP contribution < -0.4 is 0 Å². The van der Waals surface area contributed by atoms with Crippen LogP contribution in [0, 0.1) is 0 Å². The summed E-state index contributed by atoms with van der Waals surface area (Å²) < 4.78 is 38.7. The van der Waals surface area contributed by atoms with E-state index in [1.807, 2.05) is 6.92 Å². The summed E-state index contributed by atoms with van der Waals surface area (Å²) in [5.74, 6) is 0. The average Bonchev–Trinajstić information content (AvgIpc) is 2.77. The molecule has 180 valence electrons. The molecule has 30 heavy (non-hydrogen) atoms. The molecule has 0 aliphatic carbocycles. The smallest absolute Gasteiger partial charge is 0.185 e. The maximum Gasteiger partial charge on any atom is 0.185 e. The normalized spacial score (nSPS) is 27.5. The van der Waals surface area contributed by atoms with Crippen LogP contribution in [-0.2, 0) is 27.2 Å². The van der Waals surface area contributed by atoms with Gasteiger partial charge in [-0.05, 0) is 85.5 Å². The highest BCUT2D eigenvalue weighted by Gasteiger charge is 2.53. The van der Waals surface area contributed by atoms with E-state index in [-0.39, 0.29) is 24.4 Å². The van der Waals surface area contributed by atoms with Crippen molar-refractivity contribution in [3.05, 3.63) is 0 Å². The summed E-state index contributed by atoms with van der Waals surface area (Å²) in [6.07, 6.45) is -1.42. The lowest BCUT2D eigenvalue weighted by atomic mass is 10.1. The van der Waals surface area contributed by atoms with Crippen molar-refractivity contribution in [3.63, 3.8) is 0 Å². The molecule has 0 aromatic rings. The Hall–Kier alpha value is 0.628.